The molecule has 0 bridgehead atoms. The van der Waals surface area contributed by atoms with Gasteiger partial charge in [-0.3, -0.25) is 0 Å². The quantitative estimate of drug-likeness (QED) is 0.159. The van der Waals surface area contributed by atoms with Gasteiger partial charge in [0, 0.05) is 69.2 Å². The van der Waals surface area contributed by atoms with Crippen LogP contribution in [-0.4, -0.2) is 9.13 Å². The lowest BCUT2D eigenvalue weighted by molar-refractivity contribution is 1.14. The smallest absolute Gasteiger partial charge is 0.220 e. The SMILES string of the molecule is [2H]c1c([2H])c([2H])c(-c2c(C#N)c(-n3c4ccccc4c4cccc(-c5ccccc5)c43)c(-c3c([2H])c([2H])c([2H])c([2H])c3[2H])c(-n3c4c(ccc5c6ccccc6sc54)c4ccc5c6ccccc6sc5c43)c2[N+]#[C-])c([2H])c1[2H]. The first-order chi connectivity index (χ1) is 37.9. The molecule has 0 radical (unpaired) electrons. The minimum atomic E-state index is -0.692. The summed E-state index contributed by atoms with van der Waals surface area (Å²) in [5.74, 6) is 0. The van der Waals surface area contributed by atoms with Crippen molar-refractivity contribution in [1.82, 2.24) is 9.13 Å². The topological polar surface area (TPSA) is 38.0 Å². The summed E-state index contributed by atoms with van der Waals surface area (Å²) in [5.41, 5.74) is 2.02. The van der Waals surface area contributed by atoms with Crippen molar-refractivity contribution < 1.29 is 13.7 Å². The van der Waals surface area contributed by atoms with E-state index in [0.29, 0.717) is 27.6 Å². The van der Waals surface area contributed by atoms with Gasteiger partial charge in [0.05, 0.1) is 68.7 Å². The fourth-order valence-corrected chi connectivity index (χ4v) is 12.9. The summed E-state index contributed by atoms with van der Waals surface area (Å²) >= 11 is 3.07. The lowest BCUT2D eigenvalue weighted by Gasteiger charge is -2.26. The summed E-state index contributed by atoms with van der Waals surface area (Å²) in [6.07, 6.45) is 0. The van der Waals surface area contributed by atoms with Gasteiger partial charge in [0.25, 0.3) is 0 Å². The van der Waals surface area contributed by atoms with Gasteiger partial charge in [-0.05, 0) is 34.9 Å². The molecule has 14 aromatic rings. The normalized spacial score (nSPS) is 13.9. The Morgan fingerprint density at radius 2 is 0.971 bits per heavy atom. The van der Waals surface area contributed by atoms with Crippen LogP contribution in [0.4, 0.5) is 5.69 Å². The van der Waals surface area contributed by atoms with Gasteiger partial charge in [0.2, 0.25) is 5.69 Å². The Bertz CT molecular complexity index is 4950. The van der Waals surface area contributed by atoms with Crippen molar-refractivity contribution in [2.24, 2.45) is 0 Å². The monoisotopic (exact) mass is 908 g/mol. The van der Waals surface area contributed by atoms with Crippen molar-refractivity contribution in [1.29, 1.82) is 5.26 Å². The molecule has 4 nitrogen and oxygen atoms in total. The summed E-state index contributed by atoms with van der Waals surface area (Å²) in [7, 11) is 0. The minimum absolute atomic E-state index is 0.0163. The van der Waals surface area contributed by atoms with Crippen molar-refractivity contribution in [3.63, 3.8) is 0 Å². The van der Waals surface area contributed by atoms with E-state index in [1.165, 1.54) is 22.7 Å². The summed E-state index contributed by atoms with van der Waals surface area (Å²) in [4.78, 5) is 4.34. The third-order valence-electron chi connectivity index (χ3n) is 13.2. The van der Waals surface area contributed by atoms with Crippen molar-refractivity contribution in [3.8, 4) is 50.8 Å². The molecule has 0 saturated heterocycles. The zero-order valence-electron chi connectivity index (χ0n) is 45.5. The first kappa shape index (κ1) is 29.7. The zero-order chi connectivity index (χ0) is 53.7. The van der Waals surface area contributed by atoms with Crippen LogP contribution in [-0.2, 0) is 0 Å². The van der Waals surface area contributed by atoms with E-state index in [2.05, 4.69) is 23.0 Å². The Labute approximate surface area is 412 Å². The zero-order valence-corrected chi connectivity index (χ0v) is 37.1. The molecule has 4 aromatic heterocycles. The van der Waals surface area contributed by atoms with Gasteiger partial charge < -0.3 is 9.13 Å². The molecule has 0 unspecified atom stereocenters. The van der Waals surface area contributed by atoms with Gasteiger partial charge in [-0.15, -0.1) is 22.7 Å². The predicted molar refractivity (Wildman–Crippen MR) is 288 cm³/mol. The highest BCUT2D eigenvalue weighted by Gasteiger charge is 2.33. The molecule has 0 aliphatic heterocycles. The third-order valence-corrected chi connectivity index (χ3v) is 15.5. The highest BCUT2D eigenvalue weighted by Crippen LogP contribution is 2.55. The maximum atomic E-state index is 12.2. The third kappa shape index (κ3) is 5.33. The Hall–Kier alpha value is -8.78. The van der Waals surface area contributed by atoms with Gasteiger partial charge in [0.1, 0.15) is 6.07 Å². The molecule has 0 amide bonds. The molecule has 0 fully saturated rings. The summed E-state index contributed by atoms with van der Waals surface area (Å²) in [6.45, 7) is 9.55. The molecule has 0 aliphatic rings. The molecular weight excluding hydrogens is 865 g/mol. The molecule has 10 aromatic carbocycles. The van der Waals surface area contributed by atoms with E-state index < -0.39 is 66.0 Å². The molecule has 4 heterocycles. The predicted octanol–water partition coefficient (Wildman–Crippen LogP) is 18.0. The van der Waals surface area contributed by atoms with E-state index >= 15 is 0 Å². The van der Waals surface area contributed by atoms with Crippen LogP contribution < -0.4 is 0 Å². The summed E-state index contributed by atoms with van der Waals surface area (Å²) in [5, 5.41) is 19.0. The second-order valence-electron chi connectivity index (χ2n) is 16.5. The fourth-order valence-electron chi connectivity index (χ4n) is 10.5. The number of thiophene rings is 2. The molecule has 14 rings (SSSR count). The Kier molecular flexibility index (Phi) is 6.49. The maximum Gasteiger partial charge on any atom is 0.220 e. The van der Waals surface area contributed by atoms with E-state index in [1.807, 2.05) is 143 Å². The van der Waals surface area contributed by atoms with Crippen LogP contribution in [0.1, 0.15) is 19.3 Å². The molecule has 0 saturated carbocycles. The van der Waals surface area contributed by atoms with Crippen molar-refractivity contribution >= 4 is 112 Å². The molecule has 0 spiro atoms. The highest BCUT2D eigenvalue weighted by atomic mass is 32.1. The number of nitrogens with zero attached hydrogens (tertiary/aromatic N) is 4. The molecule has 68 heavy (non-hydrogen) atoms. The number of aromatic nitrogens is 2. The van der Waals surface area contributed by atoms with Gasteiger partial charge in [0.15, 0.2) is 0 Å². The Morgan fingerprint density at radius 3 is 1.57 bits per heavy atom. The maximum absolute atomic E-state index is 12.2. The van der Waals surface area contributed by atoms with Crippen molar-refractivity contribution in [3.05, 3.63) is 223 Å². The molecule has 314 valence electrons. The van der Waals surface area contributed by atoms with Gasteiger partial charge in [-0.25, -0.2) is 4.85 Å². The number of hydrogen-bond acceptors (Lipinski definition) is 3. The lowest BCUT2D eigenvalue weighted by Crippen LogP contribution is -2.09. The highest BCUT2D eigenvalue weighted by molar-refractivity contribution is 7.27. The number of rotatable bonds is 5. The van der Waals surface area contributed by atoms with Crippen LogP contribution in [0.15, 0.2) is 206 Å². The van der Waals surface area contributed by atoms with Gasteiger partial charge in [-0.2, -0.15) is 5.26 Å². The fraction of sp³-hybridized carbons (Fsp3) is 0. The Morgan fingerprint density at radius 1 is 0.456 bits per heavy atom. The summed E-state index contributed by atoms with van der Waals surface area (Å²) in [6, 6.07) is 43.1. The van der Waals surface area contributed by atoms with Crippen LogP contribution in [0.25, 0.3) is 134 Å². The summed E-state index contributed by atoms with van der Waals surface area (Å²) < 4.78 is 101. The molecule has 6 heteroatoms. The van der Waals surface area contributed by atoms with Crippen molar-refractivity contribution in [2.45, 2.75) is 0 Å². The van der Waals surface area contributed by atoms with E-state index in [1.54, 1.807) is 0 Å². The number of para-hydroxylation sites is 2. The van der Waals surface area contributed by atoms with E-state index in [4.69, 9.17) is 5.48 Å². The second-order valence-corrected chi connectivity index (χ2v) is 18.6. The van der Waals surface area contributed by atoms with Crippen LogP contribution >= 0.6 is 22.7 Å². The number of hydrogen-bond donors (Lipinski definition) is 0. The largest absolute Gasteiger partial charge is 0.316 e. The first-order valence-electron chi connectivity index (χ1n) is 26.8. The van der Waals surface area contributed by atoms with Crippen LogP contribution in [0.3, 0.4) is 0 Å². The number of nitriles is 1. The van der Waals surface area contributed by atoms with Crippen LogP contribution in [0.5, 0.6) is 0 Å². The Balaban J connectivity index is 1.37. The van der Waals surface area contributed by atoms with E-state index in [-0.39, 0.29) is 39.3 Å². The molecule has 0 N–H and O–H groups in total. The van der Waals surface area contributed by atoms with Crippen LogP contribution in [0, 0.1) is 17.9 Å². The lowest BCUT2D eigenvalue weighted by atomic mass is 9.88. The second kappa shape index (κ2) is 14.9. The van der Waals surface area contributed by atoms with Crippen molar-refractivity contribution in [2.75, 3.05) is 0 Å². The average molecular weight is 909 g/mol. The van der Waals surface area contributed by atoms with E-state index in [9.17, 15) is 20.1 Å². The molecule has 0 atom stereocenters. The van der Waals surface area contributed by atoms with E-state index in [0.717, 1.165) is 67.5 Å². The standard InChI is InChI=1S/C62H34N4S2/c1-64-55-53(38-20-7-3-8-21-38)49(36-63)57(65-50-29-14-11-24-41(50)44-28-17-27-40(56(44)65)37-18-5-2-6-19-37)54(39-22-9-4-10-23-39)60(55)66-58-45(32-34-47-42-25-12-15-30-51(42)67-61(47)58)46-33-35-48-43-26-13-16-31-52(43)68-62(48)59(46)66/h2-35H/i3D,4D,7D,8D,9D,10D,20D,21D,22D,23D. The average Bonchev–Trinajstić information content (AvgIpc) is 4.40. The van der Waals surface area contributed by atoms with Crippen LogP contribution in [0.2, 0.25) is 0 Å². The number of fused-ring (bicyclic) bond motifs is 14. The first-order valence-corrected chi connectivity index (χ1v) is 23.4. The minimum Gasteiger partial charge on any atom is -0.316 e. The molecular formula is C62H34N4S2. The molecule has 0 aliphatic carbocycles. The van der Waals surface area contributed by atoms with Gasteiger partial charge in [-0.1, -0.05) is 188 Å². The van der Waals surface area contributed by atoms with Gasteiger partial charge >= 0.3 is 0 Å². The number of benzene rings is 10.